The molecular weight excluding hydrogens is 366 g/mol. The Morgan fingerprint density at radius 1 is 1.07 bits per heavy atom. The number of β-amino-alcohol motifs (C(OH)–C–C–N with tert-alkyl or cyclic N) is 1. The maximum Gasteiger partial charge on any atom is 0.253 e. The van der Waals surface area contributed by atoms with Crippen LogP contribution in [-0.2, 0) is 0 Å². The molecule has 1 N–H and O–H groups in total. The fourth-order valence-corrected chi connectivity index (χ4v) is 3.93. The van der Waals surface area contributed by atoms with Crippen molar-refractivity contribution in [3.05, 3.63) is 53.4 Å². The Kier molecular flexibility index (Phi) is 5.24. The third-order valence-corrected chi connectivity index (χ3v) is 5.55. The molecule has 0 spiro atoms. The first-order valence-electron chi connectivity index (χ1n) is 9.10. The SMILES string of the molecule is O=C(c1ccc(Cl)cc1)N1C[C@H](O)[C@@H](N2CCN(c3cnccn3)CC2)C1. The Bertz CT molecular complexity index is 780. The molecule has 1 aromatic carbocycles. The van der Waals surface area contributed by atoms with Gasteiger partial charge in [0, 0.05) is 62.2 Å². The quantitative estimate of drug-likeness (QED) is 0.851. The third kappa shape index (κ3) is 3.90. The molecule has 142 valence electrons. The maximum atomic E-state index is 12.7. The lowest BCUT2D eigenvalue weighted by atomic mass is 10.1. The van der Waals surface area contributed by atoms with E-state index in [9.17, 15) is 9.90 Å². The lowest BCUT2D eigenvalue weighted by Crippen LogP contribution is -2.54. The number of anilines is 1. The minimum atomic E-state index is -0.538. The number of hydrogen-bond acceptors (Lipinski definition) is 6. The second-order valence-corrected chi connectivity index (χ2v) is 7.37. The molecule has 0 radical (unpaired) electrons. The van der Waals surface area contributed by atoms with Crippen LogP contribution >= 0.6 is 11.6 Å². The van der Waals surface area contributed by atoms with Crippen LogP contribution in [0, 0.1) is 0 Å². The van der Waals surface area contributed by atoms with E-state index in [0.717, 1.165) is 32.0 Å². The summed E-state index contributed by atoms with van der Waals surface area (Å²) in [4.78, 5) is 27.4. The minimum Gasteiger partial charge on any atom is -0.390 e. The molecule has 2 fully saturated rings. The first-order chi connectivity index (χ1) is 13.1. The average molecular weight is 388 g/mol. The van der Waals surface area contributed by atoms with Crippen molar-refractivity contribution in [2.45, 2.75) is 12.1 Å². The fraction of sp³-hybridized carbons (Fsp3) is 0.421. The van der Waals surface area contributed by atoms with Gasteiger partial charge in [-0.05, 0) is 24.3 Å². The Morgan fingerprint density at radius 3 is 2.48 bits per heavy atom. The minimum absolute atomic E-state index is 0.0368. The molecular formula is C19H22ClN5O2. The van der Waals surface area contributed by atoms with Crippen LogP contribution in [0.4, 0.5) is 5.82 Å². The van der Waals surface area contributed by atoms with E-state index in [-0.39, 0.29) is 11.9 Å². The first kappa shape index (κ1) is 18.2. The third-order valence-electron chi connectivity index (χ3n) is 5.29. The number of halogens is 1. The van der Waals surface area contributed by atoms with Gasteiger partial charge >= 0.3 is 0 Å². The molecule has 2 saturated heterocycles. The molecule has 4 rings (SSSR count). The predicted octanol–water partition coefficient (Wildman–Crippen LogP) is 1.14. The van der Waals surface area contributed by atoms with Crippen LogP contribution in [0.1, 0.15) is 10.4 Å². The molecule has 2 aromatic rings. The summed E-state index contributed by atoms with van der Waals surface area (Å²) < 4.78 is 0. The zero-order chi connectivity index (χ0) is 18.8. The molecule has 0 unspecified atom stereocenters. The van der Waals surface area contributed by atoms with Gasteiger partial charge in [0.1, 0.15) is 5.82 Å². The van der Waals surface area contributed by atoms with Crippen molar-refractivity contribution in [3.8, 4) is 0 Å². The number of nitrogens with zero attached hydrogens (tertiary/aromatic N) is 5. The largest absolute Gasteiger partial charge is 0.390 e. The number of likely N-dealkylation sites (tertiary alicyclic amines) is 1. The maximum absolute atomic E-state index is 12.7. The van der Waals surface area contributed by atoms with Gasteiger partial charge in [0.15, 0.2) is 0 Å². The van der Waals surface area contributed by atoms with E-state index in [1.54, 1.807) is 47.8 Å². The van der Waals surface area contributed by atoms with E-state index in [1.807, 2.05) is 0 Å². The molecule has 1 aromatic heterocycles. The summed E-state index contributed by atoms with van der Waals surface area (Å²) in [7, 11) is 0. The zero-order valence-electron chi connectivity index (χ0n) is 14.9. The van der Waals surface area contributed by atoms with Crippen LogP contribution in [0.15, 0.2) is 42.9 Å². The molecule has 2 aliphatic rings. The second-order valence-electron chi connectivity index (χ2n) is 6.94. The molecule has 27 heavy (non-hydrogen) atoms. The van der Waals surface area contributed by atoms with E-state index < -0.39 is 6.10 Å². The molecule has 2 atom stereocenters. The van der Waals surface area contributed by atoms with Crippen LogP contribution in [0.3, 0.4) is 0 Å². The summed E-state index contributed by atoms with van der Waals surface area (Å²) in [6.45, 7) is 4.19. The average Bonchev–Trinajstić information content (AvgIpc) is 3.10. The predicted molar refractivity (Wildman–Crippen MR) is 103 cm³/mol. The molecule has 3 heterocycles. The smallest absolute Gasteiger partial charge is 0.253 e. The number of rotatable bonds is 3. The molecule has 2 aliphatic heterocycles. The van der Waals surface area contributed by atoms with Gasteiger partial charge in [-0.2, -0.15) is 0 Å². The summed E-state index contributed by atoms with van der Waals surface area (Å²) in [5.41, 5.74) is 0.597. The lowest BCUT2D eigenvalue weighted by Gasteiger charge is -2.39. The van der Waals surface area contributed by atoms with E-state index >= 15 is 0 Å². The van der Waals surface area contributed by atoms with E-state index in [1.165, 1.54) is 0 Å². The summed E-state index contributed by atoms with van der Waals surface area (Å²) in [5.74, 6) is 0.815. The van der Waals surface area contributed by atoms with E-state index in [2.05, 4.69) is 19.8 Å². The van der Waals surface area contributed by atoms with Gasteiger partial charge < -0.3 is 14.9 Å². The van der Waals surface area contributed by atoms with Crippen LogP contribution < -0.4 is 4.90 Å². The van der Waals surface area contributed by atoms with Crippen molar-refractivity contribution >= 4 is 23.3 Å². The van der Waals surface area contributed by atoms with Crippen molar-refractivity contribution in [3.63, 3.8) is 0 Å². The standard InChI is InChI=1S/C19H22ClN5O2/c20-15-3-1-14(2-4-15)19(27)25-12-16(17(26)13-25)23-7-9-24(10-8-23)18-11-21-5-6-22-18/h1-6,11,16-17,26H,7-10,12-13H2/t16-,17-/m0/s1. The number of carbonyl (C=O) groups excluding carboxylic acids is 1. The summed E-state index contributed by atoms with van der Waals surface area (Å²) in [6, 6.07) is 6.84. The van der Waals surface area contributed by atoms with Gasteiger partial charge in [0.25, 0.3) is 5.91 Å². The number of aromatic nitrogens is 2. The molecule has 7 nitrogen and oxygen atoms in total. The van der Waals surface area contributed by atoms with Crippen LogP contribution in [0.25, 0.3) is 0 Å². The zero-order valence-corrected chi connectivity index (χ0v) is 15.7. The number of benzene rings is 1. The van der Waals surface area contributed by atoms with Crippen LogP contribution in [0.2, 0.25) is 5.02 Å². The Labute approximate surface area is 163 Å². The topological polar surface area (TPSA) is 72.8 Å². The molecule has 1 amide bonds. The van der Waals surface area contributed by atoms with Gasteiger partial charge in [-0.15, -0.1) is 0 Å². The van der Waals surface area contributed by atoms with Crippen LogP contribution in [0.5, 0.6) is 0 Å². The van der Waals surface area contributed by atoms with Gasteiger partial charge in [-0.25, -0.2) is 4.98 Å². The summed E-state index contributed by atoms with van der Waals surface area (Å²) in [5, 5.41) is 11.1. The molecule has 8 heteroatoms. The fourth-order valence-electron chi connectivity index (χ4n) is 3.81. The first-order valence-corrected chi connectivity index (χ1v) is 9.47. The Hall–Kier alpha value is -2.22. The molecule has 0 bridgehead atoms. The summed E-state index contributed by atoms with van der Waals surface area (Å²) >= 11 is 5.90. The Morgan fingerprint density at radius 2 is 1.81 bits per heavy atom. The van der Waals surface area contributed by atoms with Crippen molar-refractivity contribution in [1.29, 1.82) is 0 Å². The summed E-state index contributed by atoms with van der Waals surface area (Å²) in [6.07, 6.45) is 4.60. The number of carbonyl (C=O) groups is 1. The number of hydrogen-bond donors (Lipinski definition) is 1. The highest BCUT2D eigenvalue weighted by atomic mass is 35.5. The van der Waals surface area contributed by atoms with Gasteiger partial charge in [-0.1, -0.05) is 11.6 Å². The van der Waals surface area contributed by atoms with Crippen molar-refractivity contribution in [2.24, 2.45) is 0 Å². The normalized spacial score (nSPS) is 23.6. The lowest BCUT2D eigenvalue weighted by molar-refractivity contribution is 0.0754. The highest BCUT2D eigenvalue weighted by Gasteiger charge is 2.38. The molecule has 0 aliphatic carbocycles. The number of amides is 1. The van der Waals surface area contributed by atoms with E-state index in [4.69, 9.17) is 11.6 Å². The number of aliphatic hydroxyl groups is 1. The second kappa shape index (κ2) is 7.80. The Balaban J connectivity index is 1.36. The van der Waals surface area contributed by atoms with Gasteiger partial charge in [-0.3, -0.25) is 14.7 Å². The van der Waals surface area contributed by atoms with Gasteiger partial charge in [0.05, 0.1) is 18.3 Å². The highest BCUT2D eigenvalue weighted by molar-refractivity contribution is 6.30. The van der Waals surface area contributed by atoms with Crippen LogP contribution in [-0.4, -0.2) is 82.2 Å². The van der Waals surface area contributed by atoms with Crippen molar-refractivity contribution < 1.29 is 9.90 Å². The highest BCUT2D eigenvalue weighted by Crippen LogP contribution is 2.22. The monoisotopic (exact) mass is 387 g/mol. The van der Waals surface area contributed by atoms with Crippen molar-refractivity contribution in [1.82, 2.24) is 19.8 Å². The number of aliphatic hydroxyl groups excluding tert-OH is 1. The van der Waals surface area contributed by atoms with E-state index in [0.29, 0.717) is 23.7 Å². The number of piperazine rings is 1. The van der Waals surface area contributed by atoms with Gasteiger partial charge in [0.2, 0.25) is 0 Å². The van der Waals surface area contributed by atoms with Crippen molar-refractivity contribution in [2.75, 3.05) is 44.2 Å². The molecule has 0 saturated carbocycles.